The van der Waals surface area contributed by atoms with Crippen LogP contribution in [0.1, 0.15) is 11.8 Å². The molecule has 19 heavy (non-hydrogen) atoms. The zero-order valence-corrected chi connectivity index (χ0v) is 10.2. The molecule has 1 atom stereocenters. The third-order valence-corrected chi connectivity index (χ3v) is 2.53. The van der Waals surface area contributed by atoms with Gasteiger partial charge in [-0.1, -0.05) is 36.9 Å². The number of nitrogens with zero attached hydrogens (tertiary/aromatic N) is 3. The molecule has 1 aromatic carbocycles. The lowest BCUT2D eigenvalue weighted by Crippen LogP contribution is -2.08. The summed E-state index contributed by atoms with van der Waals surface area (Å²) in [5.74, 6) is -0.213. The summed E-state index contributed by atoms with van der Waals surface area (Å²) >= 11 is 0. The van der Waals surface area contributed by atoms with E-state index in [-0.39, 0.29) is 5.82 Å². The molecule has 0 spiro atoms. The maximum absolute atomic E-state index is 10.6. The molecule has 2 rings (SSSR count). The van der Waals surface area contributed by atoms with E-state index in [1.165, 1.54) is 17.1 Å². The van der Waals surface area contributed by atoms with Crippen molar-refractivity contribution in [2.24, 2.45) is 0 Å². The quantitative estimate of drug-likeness (QED) is 0.454. The Morgan fingerprint density at radius 1 is 1.47 bits per heavy atom. The highest BCUT2D eigenvalue weighted by Crippen LogP contribution is 2.16. The number of ether oxygens (including phenoxy) is 1. The van der Waals surface area contributed by atoms with E-state index in [2.05, 4.69) is 11.6 Å². The summed E-state index contributed by atoms with van der Waals surface area (Å²) < 4.78 is 7.15. The normalized spacial score (nSPS) is 12.0. The zero-order valence-electron chi connectivity index (χ0n) is 10.2. The summed E-state index contributed by atoms with van der Waals surface area (Å²) in [5, 5.41) is 10.6. The number of hydrogen-bond acceptors (Lipinski definition) is 4. The predicted octanol–water partition coefficient (Wildman–Crippen LogP) is 2.69. The largest absolute Gasteiger partial charge is 0.381 e. The van der Waals surface area contributed by atoms with Crippen molar-refractivity contribution >= 4 is 5.82 Å². The summed E-state index contributed by atoms with van der Waals surface area (Å²) in [6.07, 6.45) is 3.75. The van der Waals surface area contributed by atoms with Gasteiger partial charge >= 0.3 is 5.82 Å². The van der Waals surface area contributed by atoms with Crippen LogP contribution in [0.3, 0.4) is 0 Å². The van der Waals surface area contributed by atoms with E-state index in [9.17, 15) is 10.1 Å². The van der Waals surface area contributed by atoms with Crippen LogP contribution in [0.2, 0.25) is 0 Å². The van der Waals surface area contributed by atoms with Crippen molar-refractivity contribution in [1.82, 2.24) is 9.55 Å². The van der Waals surface area contributed by atoms with Crippen LogP contribution in [0.5, 0.6) is 0 Å². The van der Waals surface area contributed by atoms with Crippen LogP contribution in [0.4, 0.5) is 5.82 Å². The molecule has 2 aromatic rings. The van der Waals surface area contributed by atoms with E-state index in [4.69, 9.17) is 4.74 Å². The molecule has 0 bridgehead atoms. The van der Waals surface area contributed by atoms with Gasteiger partial charge in [0.25, 0.3) is 0 Å². The molecule has 6 heteroatoms. The minimum absolute atomic E-state index is 0.213. The second-order valence-corrected chi connectivity index (χ2v) is 3.86. The van der Waals surface area contributed by atoms with E-state index in [0.717, 1.165) is 5.56 Å². The number of hydrogen-bond donors (Lipinski definition) is 0. The molecule has 1 unspecified atom stereocenters. The number of aromatic nitrogens is 2. The lowest BCUT2D eigenvalue weighted by molar-refractivity contribution is -0.389. The smallest absolute Gasteiger partial charge is 0.358 e. The lowest BCUT2D eigenvalue weighted by atomic mass is 10.2. The van der Waals surface area contributed by atoms with Gasteiger partial charge in [-0.2, -0.15) is 0 Å². The average molecular weight is 259 g/mol. The minimum Gasteiger partial charge on any atom is -0.358 e. The first-order valence-electron chi connectivity index (χ1n) is 5.66. The van der Waals surface area contributed by atoms with Gasteiger partial charge < -0.3 is 14.9 Å². The van der Waals surface area contributed by atoms with Gasteiger partial charge in [0.2, 0.25) is 6.33 Å². The fourth-order valence-corrected chi connectivity index (χ4v) is 1.59. The lowest BCUT2D eigenvalue weighted by Gasteiger charge is -2.13. The molecule has 0 aliphatic heterocycles. The van der Waals surface area contributed by atoms with Gasteiger partial charge in [0, 0.05) is 0 Å². The van der Waals surface area contributed by atoms with Crippen LogP contribution in [0.15, 0.2) is 55.5 Å². The van der Waals surface area contributed by atoms with Gasteiger partial charge in [-0.25, -0.2) is 0 Å². The number of nitro groups is 1. The van der Waals surface area contributed by atoms with Gasteiger partial charge in [-0.15, -0.1) is 0 Å². The van der Waals surface area contributed by atoms with E-state index in [1.54, 1.807) is 6.08 Å². The maximum Gasteiger partial charge on any atom is 0.381 e. The molecule has 0 amide bonds. The van der Waals surface area contributed by atoms with E-state index < -0.39 is 11.2 Å². The van der Waals surface area contributed by atoms with Crippen LogP contribution < -0.4 is 0 Å². The first-order valence-corrected chi connectivity index (χ1v) is 5.66. The third kappa shape index (κ3) is 3.26. The Labute approximate surface area is 110 Å². The molecule has 0 radical (unpaired) electrons. The summed E-state index contributed by atoms with van der Waals surface area (Å²) in [6, 6.07) is 9.65. The van der Waals surface area contributed by atoms with Crippen molar-refractivity contribution in [3.05, 3.63) is 71.2 Å². The van der Waals surface area contributed by atoms with Crippen molar-refractivity contribution in [2.75, 3.05) is 0 Å². The van der Waals surface area contributed by atoms with Crippen molar-refractivity contribution < 1.29 is 9.66 Å². The molecule has 0 saturated heterocycles. The Kier molecular flexibility index (Phi) is 4.04. The van der Waals surface area contributed by atoms with Crippen molar-refractivity contribution in [2.45, 2.75) is 12.8 Å². The van der Waals surface area contributed by atoms with Crippen LogP contribution in [0, 0.1) is 10.1 Å². The number of rotatable bonds is 6. The van der Waals surface area contributed by atoms with Crippen molar-refractivity contribution in [3.8, 4) is 0 Å². The second-order valence-electron chi connectivity index (χ2n) is 3.86. The monoisotopic (exact) mass is 259 g/mol. The molecular formula is C13H13N3O3. The van der Waals surface area contributed by atoms with E-state index in [1.807, 2.05) is 30.3 Å². The molecule has 6 nitrogen and oxygen atoms in total. The highest BCUT2D eigenvalue weighted by Gasteiger charge is 2.15. The molecule has 0 aliphatic carbocycles. The molecule has 1 aromatic heterocycles. The predicted molar refractivity (Wildman–Crippen MR) is 69.3 cm³/mol. The molecule has 0 saturated carbocycles. The molecule has 0 fully saturated rings. The molecule has 98 valence electrons. The van der Waals surface area contributed by atoms with Gasteiger partial charge in [0.05, 0.1) is 6.61 Å². The first-order chi connectivity index (χ1) is 9.20. The Morgan fingerprint density at radius 2 is 2.21 bits per heavy atom. The molecular weight excluding hydrogens is 246 g/mol. The molecule has 0 N–H and O–H groups in total. The summed E-state index contributed by atoms with van der Waals surface area (Å²) in [4.78, 5) is 13.7. The Morgan fingerprint density at radius 3 is 2.79 bits per heavy atom. The Balaban J connectivity index is 2.03. The van der Waals surface area contributed by atoms with Crippen LogP contribution in [0.25, 0.3) is 0 Å². The van der Waals surface area contributed by atoms with Gasteiger partial charge in [-0.3, -0.25) is 4.57 Å². The standard InChI is InChI=1S/C13H13N3O3/c1-2-13(15-8-12(14-10-15)16(17)18)19-9-11-6-4-3-5-7-11/h2-8,10,13H,1,9H2. The SMILES string of the molecule is C=CC(OCc1ccccc1)n1cnc([N+](=O)[O-])c1. The number of benzene rings is 1. The second kappa shape index (κ2) is 5.92. The van der Waals surface area contributed by atoms with Crippen LogP contribution in [-0.2, 0) is 11.3 Å². The van der Waals surface area contributed by atoms with Crippen molar-refractivity contribution in [3.63, 3.8) is 0 Å². The van der Waals surface area contributed by atoms with E-state index >= 15 is 0 Å². The van der Waals surface area contributed by atoms with Crippen LogP contribution >= 0.6 is 0 Å². The van der Waals surface area contributed by atoms with Gasteiger partial charge in [-0.05, 0) is 21.5 Å². The zero-order chi connectivity index (χ0) is 13.7. The van der Waals surface area contributed by atoms with E-state index in [0.29, 0.717) is 6.61 Å². The summed E-state index contributed by atoms with van der Waals surface area (Å²) in [6.45, 7) is 4.05. The maximum atomic E-state index is 10.6. The minimum atomic E-state index is -0.548. The summed E-state index contributed by atoms with van der Waals surface area (Å²) in [7, 11) is 0. The number of imidazole rings is 1. The first kappa shape index (κ1) is 13.0. The van der Waals surface area contributed by atoms with Gasteiger partial charge in [0.15, 0.2) is 6.23 Å². The molecule has 0 aliphatic rings. The molecule has 1 heterocycles. The van der Waals surface area contributed by atoms with Gasteiger partial charge in [0.1, 0.15) is 6.20 Å². The summed E-state index contributed by atoms with van der Waals surface area (Å²) in [5.41, 5.74) is 1.02. The van der Waals surface area contributed by atoms with Crippen LogP contribution in [-0.4, -0.2) is 14.5 Å². The highest BCUT2D eigenvalue weighted by molar-refractivity contribution is 5.14. The topological polar surface area (TPSA) is 70.2 Å². The Bertz CT molecular complexity index is 566. The third-order valence-electron chi connectivity index (χ3n) is 2.53. The Hall–Kier alpha value is -2.47. The highest BCUT2D eigenvalue weighted by atomic mass is 16.6. The van der Waals surface area contributed by atoms with Crippen molar-refractivity contribution in [1.29, 1.82) is 0 Å². The average Bonchev–Trinajstić information content (AvgIpc) is 2.90. The fourth-order valence-electron chi connectivity index (χ4n) is 1.59. The fraction of sp³-hybridized carbons (Fsp3) is 0.154.